The van der Waals surface area contributed by atoms with Gasteiger partial charge in [0.25, 0.3) is 0 Å². The first-order valence-corrected chi connectivity index (χ1v) is 3.67. The molecule has 0 amide bonds. The Morgan fingerprint density at radius 3 is 2.73 bits per heavy atom. The summed E-state index contributed by atoms with van der Waals surface area (Å²) < 4.78 is 0. The SMILES string of the molecule is Cc1ccc(C)c(CNO)c1. The van der Waals surface area contributed by atoms with Crippen molar-refractivity contribution in [1.29, 1.82) is 0 Å². The van der Waals surface area contributed by atoms with Crippen LogP contribution in [0.4, 0.5) is 0 Å². The van der Waals surface area contributed by atoms with E-state index in [-0.39, 0.29) is 0 Å². The molecule has 0 unspecified atom stereocenters. The van der Waals surface area contributed by atoms with E-state index in [1.807, 2.05) is 13.8 Å². The Kier molecular flexibility index (Phi) is 2.63. The lowest BCUT2D eigenvalue weighted by molar-refractivity contribution is 0.161. The number of aryl methyl sites for hydroxylation is 2. The van der Waals surface area contributed by atoms with Crippen molar-refractivity contribution in [2.45, 2.75) is 20.4 Å². The van der Waals surface area contributed by atoms with Crippen molar-refractivity contribution in [3.05, 3.63) is 34.9 Å². The van der Waals surface area contributed by atoms with Crippen LogP contribution in [-0.4, -0.2) is 5.21 Å². The maximum absolute atomic E-state index is 8.49. The Morgan fingerprint density at radius 2 is 2.09 bits per heavy atom. The molecule has 0 aromatic heterocycles. The number of hydroxylamine groups is 1. The van der Waals surface area contributed by atoms with Crippen LogP contribution in [0, 0.1) is 13.8 Å². The summed E-state index contributed by atoms with van der Waals surface area (Å²) in [5, 5.41) is 8.49. The number of hydrogen-bond donors (Lipinski definition) is 2. The average Bonchev–Trinajstić information content (AvgIpc) is 1.98. The molecule has 0 aliphatic heterocycles. The third kappa shape index (κ3) is 2.03. The molecule has 0 heterocycles. The molecule has 0 aliphatic carbocycles. The molecule has 0 spiro atoms. The first-order valence-electron chi connectivity index (χ1n) is 3.67. The van der Waals surface area contributed by atoms with Crippen molar-refractivity contribution < 1.29 is 5.21 Å². The van der Waals surface area contributed by atoms with Gasteiger partial charge in [-0.2, -0.15) is 0 Å². The van der Waals surface area contributed by atoms with Crippen LogP contribution in [0.1, 0.15) is 16.7 Å². The molecule has 11 heavy (non-hydrogen) atoms. The lowest BCUT2D eigenvalue weighted by Gasteiger charge is -2.04. The predicted octanol–water partition coefficient (Wildman–Crippen LogP) is 1.78. The summed E-state index contributed by atoms with van der Waals surface area (Å²) in [5.41, 5.74) is 5.73. The third-order valence-electron chi connectivity index (χ3n) is 1.77. The molecule has 0 atom stereocenters. The minimum atomic E-state index is 0.521. The van der Waals surface area contributed by atoms with Crippen LogP contribution in [0.3, 0.4) is 0 Å². The van der Waals surface area contributed by atoms with E-state index in [0.29, 0.717) is 6.54 Å². The molecule has 0 radical (unpaired) electrons. The Balaban J connectivity index is 2.93. The first kappa shape index (κ1) is 8.24. The topological polar surface area (TPSA) is 32.3 Å². The molecule has 2 heteroatoms. The highest BCUT2D eigenvalue weighted by Crippen LogP contribution is 2.09. The largest absolute Gasteiger partial charge is 0.316 e. The summed E-state index contributed by atoms with van der Waals surface area (Å²) in [6.45, 7) is 4.60. The summed E-state index contributed by atoms with van der Waals surface area (Å²) in [6, 6.07) is 6.19. The zero-order valence-corrected chi connectivity index (χ0v) is 6.89. The van der Waals surface area contributed by atoms with E-state index in [1.54, 1.807) is 0 Å². The Hall–Kier alpha value is -0.860. The summed E-state index contributed by atoms with van der Waals surface area (Å²) in [7, 11) is 0. The van der Waals surface area contributed by atoms with Gasteiger partial charge in [-0.3, -0.25) is 0 Å². The molecular formula is C9H13NO. The van der Waals surface area contributed by atoms with Crippen LogP contribution in [0.2, 0.25) is 0 Å². The summed E-state index contributed by atoms with van der Waals surface area (Å²) >= 11 is 0. The van der Waals surface area contributed by atoms with Gasteiger partial charge in [-0.1, -0.05) is 23.8 Å². The molecule has 2 nitrogen and oxygen atoms in total. The zero-order valence-electron chi connectivity index (χ0n) is 6.89. The van der Waals surface area contributed by atoms with Crippen molar-refractivity contribution in [2.24, 2.45) is 0 Å². The lowest BCUT2D eigenvalue weighted by Crippen LogP contribution is -2.07. The number of nitrogens with one attached hydrogen (secondary N) is 1. The predicted molar refractivity (Wildman–Crippen MR) is 44.5 cm³/mol. The van der Waals surface area contributed by atoms with Crippen LogP contribution >= 0.6 is 0 Å². The molecule has 2 N–H and O–H groups in total. The van der Waals surface area contributed by atoms with Gasteiger partial charge in [-0.25, -0.2) is 5.48 Å². The number of hydrogen-bond acceptors (Lipinski definition) is 2. The van der Waals surface area contributed by atoms with E-state index in [9.17, 15) is 0 Å². The monoisotopic (exact) mass is 151 g/mol. The molecule has 60 valence electrons. The quantitative estimate of drug-likeness (QED) is 0.631. The van der Waals surface area contributed by atoms with Gasteiger partial charge in [0.05, 0.1) is 0 Å². The minimum Gasteiger partial charge on any atom is -0.316 e. The smallest absolute Gasteiger partial charge is 0.0460 e. The number of rotatable bonds is 2. The molecule has 1 aromatic rings. The van der Waals surface area contributed by atoms with Crippen molar-refractivity contribution in [3.8, 4) is 0 Å². The fourth-order valence-electron chi connectivity index (χ4n) is 1.08. The minimum absolute atomic E-state index is 0.521. The maximum atomic E-state index is 8.49. The van der Waals surface area contributed by atoms with Crippen LogP contribution in [0.25, 0.3) is 0 Å². The van der Waals surface area contributed by atoms with Gasteiger partial charge < -0.3 is 5.21 Å². The van der Waals surface area contributed by atoms with Crippen molar-refractivity contribution in [1.82, 2.24) is 5.48 Å². The zero-order chi connectivity index (χ0) is 8.27. The molecule has 0 saturated carbocycles. The van der Waals surface area contributed by atoms with E-state index in [0.717, 1.165) is 5.56 Å². The molecule has 1 rings (SSSR count). The van der Waals surface area contributed by atoms with E-state index in [1.165, 1.54) is 11.1 Å². The van der Waals surface area contributed by atoms with Crippen LogP contribution in [0.5, 0.6) is 0 Å². The van der Waals surface area contributed by atoms with Gasteiger partial charge in [0, 0.05) is 6.54 Å². The molecule has 0 aliphatic rings. The standard InChI is InChI=1S/C9H13NO/c1-7-3-4-8(2)9(5-7)6-10-11/h3-5,10-11H,6H2,1-2H3. The Morgan fingerprint density at radius 1 is 1.36 bits per heavy atom. The molecule has 0 fully saturated rings. The van der Waals surface area contributed by atoms with Gasteiger partial charge in [-0.05, 0) is 25.0 Å². The molecule has 1 aromatic carbocycles. The lowest BCUT2D eigenvalue weighted by atomic mass is 10.1. The van der Waals surface area contributed by atoms with E-state index in [2.05, 4.69) is 23.7 Å². The van der Waals surface area contributed by atoms with Gasteiger partial charge >= 0.3 is 0 Å². The fraction of sp³-hybridized carbons (Fsp3) is 0.333. The van der Waals surface area contributed by atoms with Gasteiger partial charge in [-0.15, -0.1) is 0 Å². The van der Waals surface area contributed by atoms with Crippen LogP contribution < -0.4 is 5.48 Å². The van der Waals surface area contributed by atoms with E-state index < -0.39 is 0 Å². The highest BCUT2D eigenvalue weighted by atomic mass is 16.5. The number of benzene rings is 1. The van der Waals surface area contributed by atoms with E-state index >= 15 is 0 Å². The normalized spacial score (nSPS) is 10.1. The van der Waals surface area contributed by atoms with Crippen molar-refractivity contribution >= 4 is 0 Å². The van der Waals surface area contributed by atoms with Crippen molar-refractivity contribution in [3.63, 3.8) is 0 Å². The van der Waals surface area contributed by atoms with Crippen LogP contribution in [-0.2, 0) is 6.54 Å². The van der Waals surface area contributed by atoms with Gasteiger partial charge in [0.15, 0.2) is 0 Å². The Labute approximate surface area is 66.8 Å². The first-order chi connectivity index (χ1) is 5.24. The third-order valence-corrected chi connectivity index (χ3v) is 1.77. The molecular weight excluding hydrogens is 138 g/mol. The maximum Gasteiger partial charge on any atom is 0.0460 e. The van der Waals surface area contributed by atoms with Crippen molar-refractivity contribution in [2.75, 3.05) is 0 Å². The summed E-state index contributed by atoms with van der Waals surface area (Å²) in [5.74, 6) is 0. The van der Waals surface area contributed by atoms with Gasteiger partial charge in [0.1, 0.15) is 0 Å². The highest BCUT2D eigenvalue weighted by molar-refractivity contribution is 5.30. The second-order valence-electron chi connectivity index (χ2n) is 2.76. The molecule has 0 bridgehead atoms. The summed E-state index contributed by atoms with van der Waals surface area (Å²) in [4.78, 5) is 0. The Bertz CT molecular complexity index is 245. The summed E-state index contributed by atoms with van der Waals surface area (Å²) in [6.07, 6.45) is 0. The van der Waals surface area contributed by atoms with Crippen LogP contribution in [0.15, 0.2) is 18.2 Å². The highest BCUT2D eigenvalue weighted by Gasteiger charge is 1.96. The average molecular weight is 151 g/mol. The second kappa shape index (κ2) is 3.51. The van der Waals surface area contributed by atoms with E-state index in [4.69, 9.17) is 5.21 Å². The fourth-order valence-corrected chi connectivity index (χ4v) is 1.08. The molecule has 0 saturated heterocycles. The second-order valence-corrected chi connectivity index (χ2v) is 2.76. The van der Waals surface area contributed by atoms with Gasteiger partial charge in [0.2, 0.25) is 0 Å².